The minimum Gasteiger partial charge on any atom is -0.445 e. The van der Waals surface area contributed by atoms with E-state index in [9.17, 15) is 4.79 Å². The molecule has 4 fully saturated rings. The third kappa shape index (κ3) is 3.33. The van der Waals surface area contributed by atoms with Crippen LogP contribution in [0.25, 0.3) is 0 Å². The fourth-order valence-corrected chi connectivity index (χ4v) is 6.11. The van der Waals surface area contributed by atoms with Crippen molar-refractivity contribution in [2.45, 2.75) is 49.1 Å². The van der Waals surface area contributed by atoms with Crippen LogP contribution in [0.3, 0.4) is 0 Å². The number of piperidine rings is 1. The zero-order chi connectivity index (χ0) is 16.6. The molecule has 3 aliphatic carbocycles. The monoisotopic (exact) mass is 393 g/mol. The summed E-state index contributed by atoms with van der Waals surface area (Å²) in [6.45, 7) is 2.69. The molecule has 1 aromatic rings. The number of benzene rings is 1. The number of ether oxygens (including phenoxy) is 2. The topological polar surface area (TPSA) is 38.8 Å². The van der Waals surface area contributed by atoms with Gasteiger partial charge in [-0.05, 0) is 43.1 Å². The number of carbonyl (C=O) groups is 1. The van der Waals surface area contributed by atoms with Crippen molar-refractivity contribution in [1.82, 2.24) is 4.90 Å². The summed E-state index contributed by atoms with van der Waals surface area (Å²) < 4.78 is 12.0. The predicted molar refractivity (Wildman–Crippen MR) is 95.1 cm³/mol. The van der Waals surface area contributed by atoms with E-state index < -0.39 is 0 Å². The van der Waals surface area contributed by atoms with Gasteiger partial charge < -0.3 is 14.4 Å². The molecule has 0 aromatic heterocycles. The zero-order valence-electron chi connectivity index (χ0n) is 13.9. The summed E-state index contributed by atoms with van der Waals surface area (Å²) in [4.78, 5) is 14.0. The highest BCUT2D eigenvalue weighted by Gasteiger charge is 2.66. The molecule has 0 N–H and O–H groups in total. The summed E-state index contributed by atoms with van der Waals surface area (Å²) in [7, 11) is 0. The molecule has 2 bridgehead atoms. The molecule has 0 radical (unpaired) electrons. The van der Waals surface area contributed by atoms with Crippen molar-refractivity contribution in [2.75, 3.05) is 19.7 Å². The third-order valence-corrected chi connectivity index (χ3v) is 6.45. The number of hydrogen-bond donors (Lipinski definition) is 0. The molecule has 5 heteroatoms. The molecule has 5 rings (SSSR count). The van der Waals surface area contributed by atoms with Gasteiger partial charge in [-0.3, -0.25) is 0 Å². The Morgan fingerprint density at radius 1 is 1.17 bits per heavy atom. The lowest BCUT2D eigenvalue weighted by Gasteiger charge is -2.68. The Morgan fingerprint density at radius 2 is 1.83 bits per heavy atom. The largest absolute Gasteiger partial charge is 0.445 e. The number of carbonyl (C=O) groups excluding carboxylic acids is 1. The number of halogens is 1. The van der Waals surface area contributed by atoms with Crippen molar-refractivity contribution in [3.05, 3.63) is 35.9 Å². The van der Waals surface area contributed by atoms with Gasteiger partial charge in [-0.25, -0.2) is 4.79 Å². The normalized spacial score (nSPS) is 32.0. The highest BCUT2D eigenvalue weighted by molar-refractivity contribution is 9.10. The fraction of sp³-hybridized carbons (Fsp3) is 0.632. The molecule has 1 amide bonds. The van der Waals surface area contributed by atoms with Crippen molar-refractivity contribution in [3.8, 4) is 0 Å². The Kier molecular flexibility index (Phi) is 4.33. The van der Waals surface area contributed by atoms with Gasteiger partial charge in [-0.1, -0.05) is 46.3 Å². The van der Waals surface area contributed by atoms with E-state index in [-0.39, 0.29) is 6.09 Å². The molecule has 0 atom stereocenters. The average molecular weight is 394 g/mol. The first-order valence-electron chi connectivity index (χ1n) is 8.82. The number of nitrogens with zero attached hydrogens (tertiary/aromatic N) is 1. The van der Waals surface area contributed by atoms with E-state index in [1.54, 1.807) is 4.90 Å². The van der Waals surface area contributed by atoms with Crippen LogP contribution >= 0.6 is 15.9 Å². The molecule has 1 aromatic carbocycles. The van der Waals surface area contributed by atoms with Crippen molar-refractivity contribution in [1.29, 1.82) is 0 Å². The lowest BCUT2D eigenvalue weighted by molar-refractivity contribution is -0.147. The lowest BCUT2D eigenvalue weighted by Crippen LogP contribution is -2.65. The minimum absolute atomic E-state index is 0.210. The summed E-state index contributed by atoms with van der Waals surface area (Å²) in [5.41, 5.74) is 1.49. The Labute approximate surface area is 151 Å². The van der Waals surface area contributed by atoms with Crippen LogP contribution in [-0.2, 0) is 16.1 Å². The second kappa shape index (κ2) is 6.34. The van der Waals surface area contributed by atoms with E-state index in [2.05, 4.69) is 15.9 Å². The highest BCUT2D eigenvalue weighted by atomic mass is 79.9. The number of amides is 1. The van der Waals surface area contributed by atoms with Gasteiger partial charge in [0.15, 0.2) is 0 Å². The van der Waals surface area contributed by atoms with Crippen LogP contribution in [0.4, 0.5) is 4.79 Å². The molecule has 24 heavy (non-hydrogen) atoms. The van der Waals surface area contributed by atoms with Crippen LogP contribution in [-0.4, -0.2) is 41.1 Å². The van der Waals surface area contributed by atoms with Crippen LogP contribution in [0.5, 0.6) is 0 Å². The molecular formula is C19H24BrNO3. The quantitative estimate of drug-likeness (QED) is 0.706. The summed E-state index contributed by atoms with van der Waals surface area (Å²) in [6, 6.07) is 9.80. The Hall–Kier alpha value is -1.07. The van der Waals surface area contributed by atoms with Crippen LogP contribution in [0.15, 0.2) is 30.3 Å². The lowest BCUT2D eigenvalue weighted by atomic mass is 9.44. The molecule has 0 spiro atoms. The van der Waals surface area contributed by atoms with E-state index in [1.165, 1.54) is 19.3 Å². The van der Waals surface area contributed by atoms with Gasteiger partial charge in [0.2, 0.25) is 0 Å². The third-order valence-electron chi connectivity index (χ3n) is 5.61. The van der Waals surface area contributed by atoms with Crippen LogP contribution < -0.4 is 0 Å². The predicted octanol–water partition coefficient (Wildman–Crippen LogP) is 4.12. The SMILES string of the molecule is O=C(OCc1ccccc1)N1CCC(OCC23CC(Br)(C2)C3)CC1. The molecule has 130 valence electrons. The number of likely N-dealkylation sites (tertiary alicyclic amines) is 1. The maximum absolute atomic E-state index is 12.2. The zero-order valence-corrected chi connectivity index (χ0v) is 15.5. The van der Waals surface area contributed by atoms with E-state index in [4.69, 9.17) is 9.47 Å². The van der Waals surface area contributed by atoms with Gasteiger partial charge in [0.05, 0.1) is 12.7 Å². The molecule has 3 saturated carbocycles. The fourth-order valence-electron chi connectivity index (χ4n) is 4.32. The molecule has 4 nitrogen and oxygen atoms in total. The van der Waals surface area contributed by atoms with Crippen LogP contribution in [0.2, 0.25) is 0 Å². The summed E-state index contributed by atoms with van der Waals surface area (Å²) in [6.07, 6.45) is 5.72. The Morgan fingerprint density at radius 3 is 2.46 bits per heavy atom. The van der Waals surface area contributed by atoms with E-state index in [1.807, 2.05) is 30.3 Å². The maximum atomic E-state index is 12.2. The molecule has 1 heterocycles. The smallest absolute Gasteiger partial charge is 0.410 e. The average Bonchev–Trinajstić information content (AvgIpc) is 2.56. The van der Waals surface area contributed by atoms with Crippen LogP contribution in [0, 0.1) is 5.41 Å². The molecule has 1 saturated heterocycles. The first-order valence-corrected chi connectivity index (χ1v) is 9.61. The Bertz CT molecular complexity index is 578. The summed E-state index contributed by atoms with van der Waals surface area (Å²) >= 11 is 3.77. The number of alkyl halides is 1. The van der Waals surface area contributed by atoms with Gasteiger partial charge in [0.25, 0.3) is 0 Å². The molecule has 4 aliphatic rings. The van der Waals surface area contributed by atoms with Gasteiger partial charge in [-0.15, -0.1) is 0 Å². The number of rotatable bonds is 5. The van der Waals surface area contributed by atoms with Gasteiger partial charge in [0, 0.05) is 17.4 Å². The van der Waals surface area contributed by atoms with Crippen molar-refractivity contribution in [2.24, 2.45) is 5.41 Å². The van der Waals surface area contributed by atoms with E-state index in [0.29, 0.717) is 22.5 Å². The standard InChI is InChI=1S/C19H24BrNO3/c20-19-11-18(12-19,13-19)14-24-16-6-8-21(9-7-16)17(22)23-10-15-4-2-1-3-5-15/h1-5,16H,6-14H2. The highest BCUT2D eigenvalue weighted by Crippen LogP contribution is 2.71. The van der Waals surface area contributed by atoms with Crippen LogP contribution in [0.1, 0.15) is 37.7 Å². The first-order chi connectivity index (χ1) is 11.6. The van der Waals surface area contributed by atoms with Crippen molar-refractivity contribution in [3.63, 3.8) is 0 Å². The van der Waals surface area contributed by atoms with Crippen molar-refractivity contribution < 1.29 is 14.3 Å². The van der Waals surface area contributed by atoms with E-state index in [0.717, 1.165) is 38.1 Å². The second-order valence-electron chi connectivity index (χ2n) is 7.72. The molecule has 1 aliphatic heterocycles. The van der Waals surface area contributed by atoms with Gasteiger partial charge in [-0.2, -0.15) is 0 Å². The maximum Gasteiger partial charge on any atom is 0.410 e. The minimum atomic E-state index is -0.210. The van der Waals surface area contributed by atoms with E-state index >= 15 is 0 Å². The second-order valence-corrected chi connectivity index (χ2v) is 9.40. The molecule has 0 unspecified atom stereocenters. The first kappa shape index (κ1) is 16.4. The van der Waals surface area contributed by atoms with Gasteiger partial charge >= 0.3 is 6.09 Å². The molecular weight excluding hydrogens is 370 g/mol. The summed E-state index contributed by atoms with van der Waals surface area (Å²) in [5, 5.41) is 0. The Balaban J connectivity index is 1.15. The van der Waals surface area contributed by atoms with Crippen molar-refractivity contribution >= 4 is 22.0 Å². The summed E-state index contributed by atoms with van der Waals surface area (Å²) in [5.74, 6) is 0. The number of hydrogen-bond acceptors (Lipinski definition) is 3. The van der Waals surface area contributed by atoms with Gasteiger partial charge in [0.1, 0.15) is 6.61 Å².